The first-order valence-corrected chi connectivity index (χ1v) is 4.15. The van der Waals surface area contributed by atoms with Crippen LogP contribution in [0.15, 0.2) is 16.8 Å². The van der Waals surface area contributed by atoms with E-state index >= 15 is 0 Å². The van der Waals surface area contributed by atoms with Crippen molar-refractivity contribution < 1.29 is 0 Å². The van der Waals surface area contributed by atoms with Crippen LogP contribution in [0.4, 0.5) is 0 Å². The lowest BCUT2D eigenvalue weighted by atomic mass is 10.2. The summed E-state index contributed by atoms with van der Waals surface area (Å²) in [5.41, 5.74) is 1.25. The molecule has 0 aromatic rings. The van der Waals surface area contributed by atoms with Gasteiger partial charge in [-0.1, -0.05) is 6.08 Å². The Kier molecular flexibility index (Phi) is 3.30. The highest BCUT2D eigenvalue weighted by Gasteiger charge is 1.98. The molecule has 0 N–H and O–H groups in total. The van der Waals surface area contributed by atoms with Crippen LogP contribution >= 0.6 is 0 Å². The van der Waals surface area contributed by atoms with E-state index in [9.17, 15) is 0 Å². The van der Waals surface area contributed by atoms with E-state index in [4.69, 9.17) is 0 Å². The van der Waals surface area contributed by atoms with Crippen molar-refractivity contribution in [3.8, 4) is 0 Å². The Labute approximate surface area is 68.6 Å². The largest absolute Gasteiger partial charge is 0.309 e. The third kappa shape index (κ3) is 3.33. The first-order valence-electron chi connectivity index (χ1n) is 4.15. The van der Waals surface area contributed by atoms with E-state index in [-0.39, 0.29) is 0 Å². The molecule has 1 aliphatic heterocycles. The number of hydrogen-bond acceptors (Lipinski definition) is 2. The molecular weight excluding hydrogens is 136 g/mol. The predicted molar refractivity (Wildman–Crippen MR) is 49.0 cm³/mol. The number of hydrogen-bond donors (Lipinski definition) is 0. The van der Waals surface area contributed by atoms with Gasteiger partial charge in [0.15, 0.2) is 0 Å². The second kappa shape index (κ2) is 4.29. The molecule has 0 aromatic carbocycles. The molecule has 1 aliphatic rings. The summed E-state index contributed by atoms with van der Waals surface area (Å²) in [6.07, 6.45) is 7.63. The Hall–Kier alpha value is -0.630. The lowest BCUT2D eigenvalue weighted by Crippen LogP contribution is -2.13. The molecule has 0 bridgehead atoms. The van der Waals surface area contributed by atoms with Crippen LogP contribution in [-0.4, -0.2) is 31.8 Å². The SMILES string of the molecule is CN(C)CCC1=CCCC=N1. The monoisotopic (exact) mass is 152 g/mol. The van der Waals surface area contributed by atoms with Crippen molar-refractivity contribution in [3.05, 3.63) is 11.8 Å². The number of rotatable bonds is 3. The normalized spacial score (nSPS) is 17.2. The fourth-order valence-electron chi connectivity index (χ4n) is 1.06. The molecule has 62 valence electrons. The van der Waals surface area contributed by atoms with Gasteiger partial charge in [0.05, 0.1) is 0 Å². The van der Waals surface area contributed by atoms with Gasteiger partial charge in [0, 0.05) is 24.9 Å². The van der Waals surface area contributed by atoms with Gasteiger partial charge in [0.2, 0.25) is 0 Å². The van der Waals surface area contributed by atoms with Crippen LogP contribution < -0.4 is 0 Å². The summed E-state index contributed by atoms with van der Waals surface area (Å²) in [4.78, 5) is 6.50. The molecule has 0 saturated carbocycles. The smallest absolute Gasteiger partial charge is 0.0372 e. The van der Waals surface area contributed by atoms with Gasteiger partial charge in [0.25, 0.3) is 0 Å². The molecule has 0 amide bonds. The maximum Gasteiger partial charge on any atom is 0.0372 e. The van der Waals surface area contributed by atoms with E-state index in [0.717, 1.165) is 19.4 Å². The summed E-state index contributed by atoms with van der Waals surface area (Å²) in [5.74, 6) is 0. The van der Waals surface area contributed by atoms with Gasteiger partial charge in [0.1, 0.15) is 0 Å². The minimum absolute atomic E-state index is 1.09. The minimum atomic E-state index is 1.09. The van der Waals surface area contributed by atoms with Crippen molar-refractivity contribution in [2.45, 2.75) is 19.3 Å². The van der Waals surface area contributed by atoms with Crippen LogP contribution in [-0.2, 0) is 0 Å². The van der Waals surface area contributed by atoms with Crippen molar-refractivity contribution in [2.24, 2.45) is 4.99 Å². The maximum absolute atomic E-state index is 4.31. The molecule has 0 radical (unpaired) electrons. The van der Waals surface area contributed by atoms with E-state index in [1.807, 2.05) is 6.21 Å². The Morgan fingerprint density at radius 2 is 2.27 bits per heavy atom. The van der Waals surface area contributed by atoms with Gasteiger partial charge < -0.3 is 4.90 Å². The molecule has 11 heavy (non-hydrogen) atoms. The van der Waals surface area contributed by atoms with Gasteiger partial charge in [-0.05, 0) is 26.9 Å². The highest BCUT2D eigenvalue weighted by atomic mass is 15.0. The summed E-state index contributed by atoms with van der Waals surface area (Å²) in [7, 11) is 4.18. The Morgan fingerprint density at radius 3 is 2.82 bits per heavy atom. The Bertz CT molecular complexity index is 168. The molecule has 0 aliphatic carbocycles. The van der Waals surface area contributed by atoms with Crippen molar-refractivity contribution in [1.82, 2.24) is 4.90 Å². The first-order chi connectivity index (χ1) is 5.29. The minimum Gasteiger partial charge on any atom is -0.309 e. The second-order valence-electron chi connectivity index (χ2n) is 3.14. The molecular formula is C9H16N2. The highest BCUT2D eigenvalue weighted by Crippen LogP contribution is 2.09. The van der Waals surface area contributed by atoms with E-state index < -0.39 is 0 Å². The van der Waals surface area contributed by atoms with Crippen LogP contribution in [0.25, 0.3) is 0 Å². The summed E-state index contributed by atoms with van der Waals surface area (Å²) >= 11 is 0. The third-order valence-corrected chi connectivity index (χ3v) is 1.75. The van der Waals surface area contributed by atoms with E-state index in [0.29, 0.717) is 0 Å². The third-order valence-electron chi connectivity index (χ3n) is 1.75. The highest BCUT2D eigenvalue weighted by molar-refractivity contribution is 5.60. The van der Waals surface area contributed by atoms with Crippen LogP contribution in [0, 0.1) is 0 Å². The summed E-state index contributed by atoms with van der Waals surface area (Å²) in [6.45, 7) is 1.10. The molecule has 1 heterocycles. The average Bonchev–Trinajstić information content (AvgIpc) is 2.03. The van der Waals surface area contributed by atoms with Gasteiger partial charge in [-0.2, -0.15) is 0 Å². The zero-order valence-corrected chi connectivity index (χ0v) is 7.38. The van der Waals surface area contributed by atoms with Crippen molar-refractivity contribution >= 4 is 6.21 Å². The second-order valence-corrected chi connectivity index (χ2v) is 3.14. The van der Waals surface area contributed by atoms with E-state index in [2.05, 4.69) is 30.1 Å². The Morgan fingerprint density at radius 1 is 1.45 bits per heavy atom. The van der Waals surface area contributed by atoms with Crippen molar-refractivity contribution in [2.75, 3.05) is 20.6 Å². The summed E-state index contributed by atoms with van der Waals surface area (Å²) < 4.78 is 0. The lowest BCUT2D eigenvalue weighted by Gasteiger charge is -2.10. The number of allylic oxidation sites excluding steroid dienone is 1. The predicted octanol–water partition coefficient (Wildman–Crippen LogP) is 1.69. The standard InChI is InChI=1S/C9H16N2/c1-11(2)8-6-9-5-3-4-7-10-9/h5,7H,3-4,6,8H2,1-2H3. The molecule has 0 fully saturated rings. The van der Waals surface area contributed by atoms with Crippen molar-refractivity contribution in [3.63, 3.8) is 0 Å². The summed E-state index contributed by atoms with van der Waals surface area (Å²) in [5, 5.41) is 0. The zero-order chi connectivity index (χ0) is 8.10. The molecule has 0 aromatic heterocycles. The average molecular weight is 152 g/mol. The van der Waals surface area contributed by atoms with Crippen LogP contribution in [0.2, 0.25) is 0 Å². The summed E-state index contributed by atoms with van der Waals surface area (Å²) in [6, 6.07) is 0. The molecule has 2 nitrogen and oxygen atoms in total. The number of aliphatic imine (C=N–C) groups is 1. The first kappa shape index (κ1) is 8.47. The maximum atomic E-state index is 4.31. The van der Waals surface area contributed by atoms with Crippen LogP contribution in [0.3, 0.4) is 0 Å². The zero-order valence-electron chi connectivity index (χ0n) is 7.38. The van der Waals surface area contributed by atoms with E-state index in [1.165, 1.54) is 12.1 Å². The van der Waals surface area contributed by atoms with E-state index in [1.54, 1.807) is 0 Å². The van der Waals surface area contributed by atoms with Gasteiger partial charge in [-0.25, -0.2) is 0 Å². The topological polar surface area (TPSA) is 15.6 Å². The quantitative estimate of drug-likeness (QED) is 0.601. The molecule has 0 atom stereocenters. The molecule has 0 unspecified atom stereocenters. The Balaban J connectivity index is 2.25. The fraction of sp³-hybridized carbons (Fsp3) is 0.667. The van der Waals surface area contributed by atoms with Gasteiger partial charge >= 0.3 is 0 Å². The van der Waals surface area contributed by atoms with Gasteiger partial charge in [-0.15, -0.1) is 0 Å². The number of nitrogens with zero attached hydrogens (tertiary/aromatic N) is 2. The molecule has 0 spiro atoms. The fourth-order valence-corrected chi connectivity index (χ4v) is 1.06. The lowest BCUT2D eigenvalue weighted by molar-refractivity contribution is 0.412. The van der Waals surface area contributed by atoms with Crippen molar-refractivity contribution in [1.29, 1.82) is 0 Å². The van der Waals surface area contributed by atoms with Crippen LogP contribution in [0.5, 0.6) is 0 Å². The molecule has 1 rings (SSSR count). The molecule has 0 saturated heterocycles. The van der Waals surface area contributed by atoms with Gasteiger partial charge in [-0.3, -0.25) is 4.99 Å². The molecule has 2 heteroatoms. The van der Waals surface area contributed by atoms with Crippen LogP contribution in [0.1, 0.15) is 19.3 Å².